The van der Waals surface area contributed by atoms with Gasteiger partial charge in [0.15, 0.2) is 6.39 Å². The van der Waals surface area contributed by atoms with Crippen LogP contribution in [0.15, 0.2) is 29.0 Å². The van der Waals surface area contributed by atoms with Crippen LogP contribution in [0.3, 0.4) is 0 Å². The highest BCUT2D eigenvalue weighted by Crippen LogP contribution is 2.27. The van der Waals surface area contributed by atoms with Crippen LogP contribution < -0.4 is 10.6 Å². The number of carbonyl (C=O) groups is 1. The van der Waals surface area contributed by atoms with E-state index in [0.29, 0.717) is 17.1 Å². The smallest absolute Gasteiger partial charge is 0.319 e. The normalized spacial score (nSPS) is 10.2. The van der Waals surface area contributed by atoms with Gasteiger partial charge in [0.05, 0.1) is 11.5 Å². The summed E-state index contributed by atoms with van der Waals surface area (Å²) in [5.74, 6) is 0.619. The molecule has 0 saturated carbocycles. The molecule has 0 saturated heterocycles. The number of aryl methyl sites for hydroxylation is 1. The first kappa shape index (κ1) is 14.8. The molecular formula is C12H11ClN4O4. The fourth-order valence-electron chi connectivity index (χ4n) is 1.57. The molecule has 1 aromatic heterocycles. The standard InChI is InChI=1S/C12H11ClN4O4/c1-7-10(15-6-21-7)5-14-12(18)16-8-2-3-11(17(19)20)9(13)4-8/h2-4,6H,5H2,1H3,(H2,14,16,18). The van der Waals surface area contributed by atoms with Crippen LogP contribution in [0.25, 0.3) is 0 Å². The van der Waals surface area contributed by atoms with Crippen LogP contribution in [0, 0.1) is 17.0 Å². The topological polar surface area (TPSA) is 110 Å². The summed E-state index contributed by atoms with van der Waals surface area (Å²) in [7, 11) is 0. The number of nitro benzene ring substituents is 1. The summed E-state index contributed by atoms with van der Waals surface area (Å²) in [5, 5.41) is 15.7. The number of carbonyl (C=O) groups excluding carboxylic acids is 1. The zero-order valence-electron chi connectivity index (χ0n) is 10.9. The summed E-state index contributed by atoms with van der Waals surface area (Å²) >= 11 is 5.75. The van der Waals surface area contributed by atoms with Crippen LogP contribution in [0.2, 0.25) is 5.02 Å². The second-order valence-corrected chi connectivity index (χ2v) is 4.49. The molecule has 21 heavy (non-hydrogen) atoms. The van der Waals surface area contributed by atoms with E-state index in [1.165, 1.54) is 24.6 Å². The number of oxazole rings is 1. The van der Waals surface area contributed by atoms with E-state index >= 15 is 0 Å². The van der Waals surface area contributed by atoms with Crippen molar-refractivity contribution in [2.45, 2.75) is 13.5 Å². The van der Waals surface area contributed by atoms with Crippen molar-refractivity contribution in [2.24, 2.45) is 0 Å². The van der Waals surface area contributed by atoms with Gasteiger partial charge in [-0.2, -0.15) is 0 Å². The van der Waals surface area contributed by atoms with Crippen LogP contribution in [-0.4, -0.2) is 15.9 Å². The Bertz CT molecular complexity index is 686. The van der Waals surface area contributed by atoms with Crippen molar-refractivity contribution in [2.75, 3.05) is 5.32 Å². The van der Waals surface area contributed by atoms with E-state index in [2.05, 4.69) is 15.6 Å². The van der Waals surface area contributed by atoms with Gasteiger partial charge in [-0.05, 0) is 19.1 Å². The predicted octanol–water partition coefficient (Wildman–Crippen LogP) is 2.87. The molecule has 0 spiro atoms. The molecule has 1 aromatic carbocycles. The Morgan fingerprint density at radius 2 is 2.29 bits per heavy atom. The van der Waals surface area contributed by atoms with E-state index in [9.17, 15) is 14.9 Å². The van der Waals surface area contributed by atoms with Crippen LogP contribution in [-0.2, 0) is 6.54 Å². The summed E-state index contributed by atoms with van der Waals surface area (Å²) in [4.78, 5) is 25.7. The summed E-state index contributed by atoms with van der Waals surface area (Å²) in [6.45, 7) is 1.94. The van der Waals surface area contributed by atoms with Gasteiger partial charge in [0.2, 0.25) is 0 Å². The number of urea groups is 1. The maximum absolute atomic E-state index is 11.7. The molecule has 9 heteroatoms. The molecule has 0 radical (unpaired) electrons. The van der Waals surface area contributed by atoms with Gasteiger partial charge in [-0.3, -0.25) is 10.1 Å². The Balaban J connectivity index is 1.95. The molecule has 0 aliphatic rings. The molecule has 0 unspecified atom stereocenters. The van der Waals surface area contributed by atoms with Gasteiger partial charge >= 0.3 is 6.03 Å². The van der Waals surface area contributed by atoms with Crippen LogP contribution >= 0.6 is 11.6 Å². The monoisotopic (exact) mass is 310 g/mol. The van der Waals surface area contributed by atoms with Crippen LogP contribution in [0.1, 0.15) is 11.5 Å². The molecule has 2 N–H and O–H groups in total. The highest BCUT2D eigenvalue weighted by molar-refractivity contribution is 6.33. The first-order valence-corrected chi connectivity index (χ1v) is 6.23. The summed E-state index contributed by atoms with van der Waals surface area (Å²) < 4.78 is 5.00. The maximum atomic E-state index is 11.7. The van der Waals surface area contributed by atoms with Crippen molar-refractivity contribution >= 4 is 29.0 Å². The summed E-state index contributed by atoms with van der Waals surface area (Å²) in [6, 6.07) is 3.44. The van der Waals surface area contributed by atoms with Crippen molar-refractivity contribution in [3.8, 4) is 0 Å². The average Bonchev–Trinajstić information content (AvgIpc) is 2.81. The Morgan fingerprint density at radius 1 is 1.52 bits per heavy atom. The molecule has 0 aliphatic heterocycles. The number of aromatic nitrogens is 1. The minimum absolute atomic E-state index is 0.0508. The molecule has 1 heterocycles. The molecular weight excluding hydrogens is 300 g/mol. The lowest BCUT2D eigenvalue weighted by molar-refractivity contribution is -0.384. The van der Waals surface area contributed by atoms with E-state index < -0.39 is 11.0 Å². The second-order valence-electron chi connectivity index (χ2n) is 4.09. The molecule has 0 aliphatic carbocycles. The minimum atomic E-state index is -0.598. The summed E-state index contributed by atoms with van der Waals surface area (Å²) in [5.41, 5.74) is 0.743. The highest BCUT2D eigenvalue weighted by Gasteiger charge is 2.13. The molecule has 0 atom stereocenters. The third kappa shape index (κ3) is 3.69. The molecule has 2 rings (SSSR count). The number of nitro groups is 1. The first-order chi connectivity index (χ1) is 9.97. The van der Waals surface area contributed by atoms with E-state index in [0.717, 1.165) is 0 Å². The van der Waals surface area contributed by atoms with Crippen LogP contribution in [0.4, 0.5) is 16.2 Å². The maximum Gasteiger partial charge on any atom is 0.319 e. The van der Waals surface area contributed by atoms with Crippen LogP contribution in [0.5, 0.6) is 0 Å². The van der Waals surface area contributed by atoms with E-state index in [1.807, 2.05) is 0 Å². The SMILES string of the molecule is Cc1ocnc1CNC(=O)Nc1ccc([N+](=O)[O-])c(Cl)c1. The van der Waals surface area contributed by atoms with Crippen molar-refractivity contribution in [3.05, 3.63) is 51.2 Å². The number of rotatable bonds is 4. The third-order valence-electron chi connectivity index (χ3n) is 2.66. The van der Waals surface area contributed by atoms with E-state index in [4.69, 9.17) is 16.0 Å². The zero-order valence-corrected chi connectivity index (χ0v) is 11.7. The second kappa shape index (κ2) is 6.23. The number of hydrogen-bond acceptors (Lipinski definition) is 5. The Kier molecular flexibility index (Phi) is 4.39. The lowest BCUT2D eigenvalue weighted by Crippen LogP contribution is -2.28. The van der Waals surface area contributed by atoms with Gasteiger partial charge in [-0.1, -0.05) is 11.6 Å². The fourth-order valence-corrected chi connectivity index (χ4v) is 1.82. The Labute approximate surface area is 124 Å². The minimum Gasteiger partial charge on any atom is -0.448 e. The van der Waals surface area contributed by atoms with Crippen molar-refractivity contribution < 1.29 is 14.1 Å². The molecule has 110 valence electrons. The zero-order chi connectivity index (χ0) is 15.4. The van der Waals surface area contributed by atoms with Gasteiger partial charge in [0, 0.05) is 11.8 Å². The first-order valence-electron chi connectivity index (χ1n) is 5.85. The van der Waals surface area contributed by atoms with Gasteiger partial charge in [-0.25, -0.2) is 9.78 Å². The largest absolute Gasteiger partial charge is 0.448 e. The molecule has 2 aromatic rings. The van der Waals surface area contributed by atoms with Gasteiger partial charge in [-0.15, -0.1) is 0 Å². The number of amides is 2. The van der Waals surface area contributed by atoms with Crippen molar-refractivity contribution in [1.29, 1.82) is 0 Å². The lowest BCUT2D eigenvalue weighted by Gasteiger charge is -2.07. The number of hydrogen-bond donors (Lipinski definition) is 2. The van der Waals surface area contributed by atoms with E-state index in [-0.39, 0.29) is 17.3 Å². The van der Waals surface area contributed by atoms with Gasteiger partial charge < -0.3 is 15.1 Å². The number of halogens is 1. The Hall–Kier alpha value is -2.61. The molecule has 2 amide bonds. The molecule has 0 fully saturated rings. The number of nitrogens with one attached hydrogen (secondary N) is 2. The van der Waals surface area contributed by atoms with E-state index in [1.54, 1.807) is 6.92 Å². The molecule has 8 nitrogen and oxygen atoms in total. The lowest BCUT2D eigenvalue weighted by atomic mass is 10.3. The Morgan fingerprint density at radius 3 is 2.86 bits per heavy atom. The van der Waals surface area contributed by atoms with Crippen molar-refractivity contribution in [1.82, 2.24) is 10.3 Å². The van der Waals surface area contributed by atoms with Gasteiger partial charge in [0.1, 0.15) is 16.5 Å². The van der Waals surface area contributed by atoms with Crippen molar-refractivity contribution in [3.63, 3.8) is 0 Å². The highest BCUT2D eigenvalue weighted by atomic mass is 35.5. The number of nitrogens with zero attached hydrogens (tertiary/aromatic N) is 2. The quantitative estimate of drug-likeness (QED) is 0.666. The fraction of sp³-hybridized carbons (Fsp3) is 0.167. The number of anilines is 1. The number of benzene rings is 1. The summed E-state index contributed by atoms with van der Waals surface area (Å²) in [6.07, 6.45) is 1.29. The third-order valence-corrected chi connectivity index (χ3v) is 2.97. The molecule has 0 bridgehead atoms. The predicted molar refractivity (Wildman–Crippen MR) is 75.2 cm³/mol. The van der Waals surface area contributed by atoms with Gasteiger partial charge in [0.25, 0.3) is 5.69 Å². The average molecular weight is 311 g/mol.